The highest BCUT2D eigenvalue weighted by Gasteiger charge is 2.15. The van der Waals surface area contributed by atoms with Gasteiger partial charge in [0, 0.05) is 0 Å². The minimum Gasteiger partial charge on any atom is -0.463 e. The fraction of sp³-hybridized carbons (Fsp3) is 0.462. The maximum Gasteiger partial charge on any atom is 0.373 e. The standard InChI is InChI=1S/C13H18O4/c1-9(2)7-8-16-10(3)11-5-6-12(17-11)13(14)15-4/h5-6,10H,1,7-8H2,2-4H3. The minimum atomic E-state index is -0.481. The molecular weight excluding hydrogens is 220 g/mol. The lowest BCUT2D eigenvalue weighted by atomic mass is 10.2. The van der Waals surface area contributed by atoms with Crippen molar-refractivity contribution in [3.8, 4) is 0 Å². The third kappa shape index (κ3) is 4.07. The summed E-state index contributed by atoms with van der Waals surface area (Å²) in [4.78, 5) is 11.2. The molecule has 0 radical (unpaired) electrons. The molecule has 0 bridgehead atoms. The molecule has 1 heterocycles. The smallest absolute Gasteiger partial charge is 0.373 e. The number of carbonyl (C=O) groups is 1. The Hall–Kier alpha value is -1.55. The molecule has 1 aromatic heterocycles. The zero-order chi connectivity index (χ0) is 12.8. The maximum absolute atomic E-state index is 11.2. The fourth-order valence-corrected chi connectivity index (χ4v) is 1.27. The summed E-state index contributed by atoms with van der Waals surface area (Å²) in [6.45, 7) is 8.21. The number of ether oxygens (including phenoxy) is 2. The van der Waals surface area contributed by atoms with Crippen molar-refractivity contribution in [2.45, 2.75) is 26.4 Å². The highest BCUT2D eigenvalue weighted by molar-refractivity contribution is 5.86. The van der Waals surface area contributed by atoms with E-state index in [1.807, 2.05) is 13.8 Å². The van der Waals surface area contributed by atoms with Crippen molar-refractivity contribution < 1.29 is 18.7 Å². The van der Waals surface area contributed by atoms with Gasteiger partial charge in [0.25, 0.3) is 0 Å². The van der Waals surface area contributed by atoms with Crippen LogP contribution in [0.2, 0.25) is 0 Å². The summed E-state index contributed by atoms with van der Waals surface area (Å²) in [5, 5.41) is 0. The summed E-state index contributed by atoms with van der Waals surface area (Å²) >= 11 is 0. The predicted octanol–water partition coefficient (Wildman–Crippen LogP) is 3.11. The lowest BCUT2D eigenvalue weighted by Gasteiger charge is -2.10. The van der Waals surface area contributed by atoms with Crippen LogP contribution in [0.15, 0.2) is 28.7 Å². The second-order valence-corrected chi connectivity index (χ2v) is 3.91. The molecular formula is C13H18O4. The van der Waals surface area contributed by atoms with Crippen LogP contribution in [0, 0.1) is 0 Å². The van der Waals surface area contributed by atoms with Gasteiger partial charge >= 0.3 is 5.97 Å². The van der Waals surface area contributed by atoms with E-state index < -0.39 is 5.97 Å². The molecule has 4 heteroatoms. The van der Waals surface area contributed by atoms with Gasteiger partial charge in [-0.1, -0.05) is 5.57 Å². The van der Waals surface area contributed by atoms with Crippen LogP contribution in [-0.2, 0) is 9.47 Å². The Morgan fingerprint density at radius 2 is 2.24 bits per heavy atom. The van der Waals surface area contributed by atoms with Crippen molar-refractivity contribution in [1.82, 2.24) is 0 Å². The molecule has 0 saturated heterocycles. The molecule has 4 nitrogen and oxygen atoms in total. The Morgan fingerprint density at radius 3 is 2.82 bits per heavy atom. The molecule has 0 amide bonds. The van der Waals surface area contributed by atoms with Crippen molar-refractivity contribution in [1.29, 1.82) is 0 Å². The Kier molecular flexibility index (Phi) is 4.97. The van der Waals surface area contributed by atoms with Gasteiger partial charge in [0.2, 0.25) is 5.76 Å². The van der Waals surface area contributed by atoms with E-state index in [-0.39, 0.29) is 11.9 Å². The molecule has 1 aromatic rings. The SMILES string of the molecule is C=C(C)CCOC(C)c1ccc(C(=O)OC)o1. The van der Waals surface area contributed by atoms with Crippen molar-refractivity contribution >= 4 is 5.97 Å². The second-order valence-electron chi connectivity index (χ2n) is 3.91. The number of hydrogen-bond donors (Lipinski definition) is 0. The first-order valence-electron chi connectivity index (χ1n) is 5.48. The molecule has 0 spiro atoms. The summed E-state index contributed by atoms with van der Waals surface area (Å²) in [6.07, 6.45) is 0.627. The van der Waals surface area contributed by atoms with E-state index in [9.17, 15) is 4.79 Å². The average Bonchev–Trinajstić information content (AvgIpc) is 2.76. The number of hydrogen-bond acceptors (Lipinski definition) is 4. The highest BCUT2D eigenvalue weighted by Crippen LogP contribution is 2.20. The van der Waals surface area contributed by atoms with Crippen LogP contribution in [0.5, 0.6) is 0 Å². The summed E-state index contributed by atoms with van der Waals surface area (Å²) in [5.74, 6) is 0.329. The van der Waals surface area contributed by atoms with Crippen molar-refractivity contribution in [3.63, 3.8) is 0 Å². The monoisotopic (exact) mass is 238 g/mol. The zero-order valence-electron chi connectivity index (χ0n) is 10.5. The van der Waals surface area contributed by atoms with Gasteiger partial charge in [0.05, 0.1) is 13.7 Å². The predicted molar refractivity (Wildman–Crippen MR) is 63.8 cm³/mol. The molecule has 1 unspecified atom stereocenters. The van der Waals surface area contributed by atoms with Crippen molar-refractivity contribution in [2.24, 2.45) is 0 Å². The van der Waals surface area contributed by atoms with Gasteiger partial charge in [0.15, 0.2) is 0 Å². The molecule has 0 fully saturated rings. The molecule has 0 saturated carbocycles. The number of furan rings is 1. The summed E-state index contributed by atoms with van der Waals surface area (Å²) in [7, 11) is 1.32. The molecule has 1 rings (SSSR count). The summed E-state index contributed by atoms with van der Waals surface area (Å²) in [5.41, 5.74) is 1.08. The van der Waals surface area contributed by atoms with E-state index >= 15 is 0 Å². The Morgan fingerprint density at radius 1 is 1.53 bits per heavy atom. The summed E-state index contributed by atoms with van der Waals surface area (Å²) < 4.78 is 15.4. The molecule has 94 valence electrons. The van der Waals surface area contributed by atoms with Crippen LogP contribution in [0.3, 0.4) is 0 Å². The lowest BCUT2D eigenvalue weighted by molar-refractivity contribution is 0.0462. The molecule has 0 aliphatic rings. The lowest BCUT2D eigenvalue weighted by Crippen LogP contribution is -2.02. The zero-order valence-corrected chi connectivity index (χ0v) is 10.5. The Labute approximate surface area is 101 Å². The molecule has 0 aromatic carbocycles. The largest absolute Gasteiger partial charge is 0.463 e. The summed E-state index contributed by atoms with van der Waals surface area (Å²) in [6, 6.07) is 3.30. The average molecular weight is 238 g/mol. The topological polar surface area (TPSA) is 48.7 Å². The van der Waals surface area contributed by atoms with E-state index in [0.29, 0.717) is 12.4 Å². The van der Waals surface area contributed by atoms with Crippen LogP contribution in [-0.4, -0.2) is 19.7 Å². The van der Waals surface area contributed by atoms with E-state index in [1.165, 1.54) is 7.11 Å². The van der Waals surface area contributed by atoms with Gasteiger partial charge in [-0.25, -0.2) is 4.79 Å². The van der Waals surface area contributed by atoms with Gasteiger partial charge in [-0.3, -0.25) is 0 Å². The Bertz CT molecular complexity index is 392. The van der Waals surface area contributed by atoms with Gasteiger partial charge in [0.1, 0.15) is 11.9 Å². The molecule has 0 aliphatic heterocycles. The van der Waals surface area contributed by atoms with Crippen molar-refractivity contribution in [2.75, 3.05) is 13.7 Å². The third-order valence-corrected chi connectivity index (χ3v) is 2.31. The van der Waals surface area contributed by atoms with Crippen LogP contribution >= 0.6 is 0 Å². The quantitative estimate of drug-likeness (QED) is 0.564. The first kappa shape index (κ1) is 13.5. The normalized spacial score (nSPS) is 12.2. The van der Waals surface area contributed by atoms with Gasteiger partial charge < -0.3 is 13.9 Å². The van der Waals surface area contributed by atoms with Gasteiger partial charge in [-0.2, -0.15) is 0 Å². The van der Waals surface area contributed by atoms with E-state index in [4.69, 9.17) is 9.15 Å². The van der Waals surface area contributed by atoms with E-state index in [0.717, 1.165) is 12.0 Å². The van der Waals surface area contributed by atoms with Crippen LogP contribution < -0.4 is 0 Å². The second kappa shape index (κ2) is 6.25. The van der Waals surface area contributed by atoms with E-state index in [1.54, 1.807) is 12.1 Å². The number of esters is 1. The van der Waals surface area contributed by atoms with Gasteiger partial charge in [-0.05, 0) is 32.4 Å². The maximum atomic E-state index is 11.2. The first-order valence-corrected chi connectivity index (χ1v) is 5.48. The Balaban J connectivity index is 2.51. The number of carbonyl (C=O) groups excluding carboxylic acids is 1. The van der Waals surface area contributed by atoms with Crippen LogP contribution in [0.25, 0.3) is 0 Å². The minimum absolute atomic E-state index is 0.187. The first-order chi connectivity index (χ1) is 8.04. The highest BCUT2D eigenvalue weighted by atomic mass is 16.5. The molecule has 0 N–H and O–H groups in total. The number of methoxy groups -OCH3 is 1. The molecule has 0 aliphatic carbocycles. The van der Waals surface area contributed by atoms with Crippen LogP contribution in [0.1, 0.15) is 42.7 Å². The van der Waals surface area contributed by atoms with Gasteiger partial charge in [-0.15, -0.1) is 6.58 Å². The number of rotatable bonds is 6. The molecule has 1 atom stereocenters. The van der Waals surface area contributed by atoms with Crippen molar-refractivity contribution in [3.05, 3.63) is 35.8 Å². The van der Waals surface area contributed by atoms with E-state index in [2.05, 4.69) is 11.3 Å². The van der Waals surface area contributed by atoms with Crippen LogP contribution in [0.4, 0.5) is 0 Å². The fourth-order valence-electron chi connectivity index (χ4n) is 1.27. The molecule has 17 heavy (non-hydrogen) atoms. The third-order valence-electron chi connectivity index (χ3n) is 2.31.